The van der Waals surface area contributed by atoms with Crippen molar-refractivity contribution in [3.05, 3.63) is 34.4 Å². The number of aryl methyl sites for hydroxylation is 3. The van der Waals surface area contributed by atoms with E-state index in [0.717, 1.165) is 13.1 Å². The molecule has 2 nitrogen and oxygen atoms in total. The van der Waals surface area contributed by atoms with E-state index in [9.17, 15) is 0 Å². The van der Waals surface area contributed by atoms with Crippen molar-refractivity contribution in [1.29, 1.82) is 0 Å². The summed E-state index contributed by atoms with van der Waals surface area (Å²) in [6.45, 7) is 11.0. The van der Waals surface area contributed by atoms with E-state index in [-0.39, 0.29) is 0 Å². The molecule has 0 aliphatic rings. The molecule has 0 fully saturated rings. The average molecular weight is 234 g/mol. The standard InChI is InChI=1S/C15H26N2/c1-11-9-12(2)15(13(3)10-11)14(4)17(6)8-7-16-5/h9-10,14,16H,7-8H2,1-6H3. The van der Waals surface area contributed by atoms with Gasteiger partial charge in [-0.15, -0.1) is 0 Å². The van der Waals surface area contributed by atoms with Crippen LogP contribution in [0.3, 0.4) is 0 Å². The maximum atomic E-state index is 3.20. The normalized spacial score (nSPS) is 13.1. The molecule has 0 heterocycles. The van der Waals surface area contributed by atoms with Crippen molar-refractivity contribution in [2.75, 3.05) is 27.2 Å². The van der Waals surface area contributed by atoms with E-state index in [1.165, 1.54) is 22.3 Å². The molecule has 1 aromatic rings. The summed E-state index contributed by atoms with van der Waals surface area (Å²) in [5.41, 5.74) is 5.65. The predicted molar refractivity (Wildman–Crippen MR) is 75.6 cm³/mol. The van der Waals surface area contributed by atoms with Crippen LogP contribution < -0.4 is 5.32 Å². The van der Waals surface area contributed by atoms with Crippen molar-refractivity contribution in [2.45, 2.75) is 33.7 Å². The molecule has 0 aromatic heterocycles. The molecular formula is C15H26N2. The summed E-state index contributed by atoms with van der Waals surface area (Å²) in [4.78, 5) is 2.40. The molecule has 0 aliphatic heterocycles. The molecule has 0 bridgehead atoms. The minimum absolute atomic E-state index is 0.476. The first-order valence-electron chi connectivity index (χ1n) is 6.40. The molecule has 17 heavy (non-hydrogen) atoms. The molecule has 0 aliphatic carbocycles. The van der Waals surface area contributed by atoms with Crippen molar-refractivity contribution in [2.24, 2.45) is 0 Å². The van der Waals surface area contributed by atoms with Crippen LogP contribution in [0, 0.1) is 20.8 Å². The Morgan fingerprint density at radius 1 is 1.18 bits per heavy atom. The van der Waals surface area contributed by atoms with Gasteiger partial charge >= 0.3 is 0 Å². The molecule has 0 spiro atoms. The van der Waals surface area contributed by atoms with E-state index >= 15 is 0 Å². The first-order chi connectivity index (χ1) is 7.97. The highest BCUT2D eigenvalue weighted by molar-refractivity contribution is 5.39. The third-order valence-corrected chi connectivity index (χ3v) is 3.53. The van der Waals surface area contributed by atoms with Crippen molar-refractivity contribution < 1.29 is 0 Å². The van der Waals surface area contributed by atoms with Gasteiger partial charge in [0.05, 0.1) is 0 Å². The van der Waals surface area contributed by atoms with Gasteiger partial charge in [0.15, 0.2) is 0 Å². The second-order valence-electron chi connectivity index (χ2n) is 5.07. The third kappa shape index (κ3) is 3.55. The molecule has 2 heteroatoms. The third-order valence-electron chi connectivity index (χ3n) is 3.53. The Bertz CT molecular complexity index is 348. The van der Waals surface area contributed by atoms with E-state index in [0.29, 0.717) is 6.04 Å². The van der Waals surface area contributed by atoms with Crippen LogP contribution in [0.2, 0.25) is 0 Å². The van der Waals surface area contributed by atoms with E-state index in [1.807, 2.05) is 7.05 Å². The summed E-state index contributed by atoms with van der Waals surface area (Å²) >= 11 is 0. The van der Waals surface area contributed by atoms with Crippen molar-refractivity contribution in [1.82, 2.24) is 10.2 Å². The highest BCUT2D eigenvalue weighted by Gasteiger charge is 2.15. The van der Waals surface area contributed by atoms with Gasteiger partial charge in [-0.05, 0) is 58.5 Å². The zero-order chi connectivity index (χ0) is 13.0. The molecule has 1 atom stereocenters. The number of rotatable bonds is 5. The Labute approximate surface area is 106 Å². The molecule has 0 amide bonds. The molecule has 1 aromatic carbocycles. The number of nitrogens with one attached hydrogen (secondary N) is 1. The summed E-state index contributed by atoms with van der Waals surface area (Å²) in [6, 6.07) is 5.04. The SMILES string of the molecule is CNCCN(C)C(C)c1c(C)cc(C)cc1C. The lowest BCUT2D eigenvalue weighted by Crippen LogP contribution is -2.30. The summed E-state index contributed by atoms with van der Waals surface area (Å²) in [6.07, 6.45) is 0. The van der Waals surface area contributed by atoms with Gasteiger partial charge in [-0.3, -0.25) is 4.90 Å². The molecule has 0 radical (unpaired) electrons. The molecule has 1 unspecified atom stereocenters. The average Bonchev–Trinajstić information content (AvgIpc) is 2.24. The Morgan fingerprint density at radius 3 is 2.18 bits per heavy atom. The maximum absolute atomic E-state index is 3.20. The van der Waals surface area contributed by atoms with Gasteiger partial charge in [-0.2, -0.15) is 0 Å². The van der Waals surface area contributed by atoms with Crippen molar-refractivity contribution in [3.63, 3.8) is 0 Å². The largest absolute Gasteiger partial charge is 0.318 e. The van der Waals surface area contributed by atoms with Crippen LogP contribution >= 0.6 is 0 Å². The van der Waals surface area contributed by atoms with E-state index < -0.39 is 0 Å². The Balaban J connectivity index is 2.91. The van der Waals surface area contributed by atoms with Crippen LogP contribution in [-0.4, -0.2) is 32.1 Å². The Kier molecular flexibility index (Phi) is 5.16. The summed E-state index contributed by atoms with van der Waals surface area (Å²) in [5, 5.41) is 3.20. The van der Waals surface area contributed by atoms with Crippen molar-refractivity contribution in [3.8, 4) is 0 Å². The van der Waals surface area contributed by atoms with Crippen LogP contribution in [-0.2, 0) is 0 Å². The zero-order valence-electron chi connectivity index (χ0n) is 12.1. The van der Waals surface area contributed by atoms with Gasteiger partial charge in [0, 0.05) is 19.1 Å². The molecule has 0 saturated carbocycles. The fourth-order valence-corrected chi connectivity index (χ4v) is 2.55. The van der Waals surface area contributed by atoms with Crippen LogP contribution in [0.15, 0.2) is 12.1 Å². The lowest BCUT2D eigenvalue weighted by molar-refractivity contribution is 0.262. The monoisotopic (exact) mass is 234 g/mol. The predicted octanol–water partition coefficient (Wildman–Crippen LogP) is 2.82. The quantitative estimate of drug-likeness (QED) is 0.843. The van der Waals surface area contributed by atoms with Crippen LogP contribution in [0.5, 0.6) is 0 Å². The zero-order valence-corrected chi connectivity index (χ0v) is 12.1. The van der Waals surface area contributed by atoms with Gasteiger partial charge in [0.1, 0.15) is 0 Å². The second kappa shape index (κ2) is 6.18. The van der Waals surface area contributed by atoms with Gasteiger partial charge in [0.25, 0.3) is 0 Å². The fourth-order valence-electron chi connectivity index (χ4n) is 2.55. The molecular weight excluding hydrogens is 208 g/mol. The second-order valence-corrected chi connectivity index (χ2v) is 5.07. The Hall–Kier alpha value is -0.860. The minimum Gasteiger partial charge on any atom is -0.318 e. The van der Waals surface area contributed by atoms with Gasteiger partial charge < -0.3 is 5.32 Å². The number of nitrogens with zero attached hydrogens (tertiary/aromatic N) is 1. The number of benzene rings is 1. The van der Waals surface area contributed by atoms with Crippen LogP contribution in [0.4, 0.5) is 0 Å². The van der Waals surface area contributed by atoms with E-state index in [2.05, 4.69) is 57.1 Å². The van der Waals surface area contributed by atoms with Gasteiger partial charge in [0.2, 0.25) is 0 Å². The lowest BCUT2D eigenvalue weighted by atomic mass is 9.94. The first-order valence-corrected chi connectivity index (χ1v) is 6.40. The summed E-state index contributed by atoms with van der Waals surface area (Å²) in [5.74, 6) is 0. The summed E-state index contributed by atoms with van der Waals surface area (Å²) < 4.78 is 0. The Morgan fingerprint density at radius 2 is 1.71 bits per heavy atom. The fraction of sp³-hybridized carbons (Fsp3) is 0.600. The molecule has 0 saturated heterocycles. The molecule has 1 rings (SSSR count). The maximum Gasteiger partial charge on any atom is 0.0322 e. The number of hydrogen-bond donors (Lipinski definition) is 1. The van der Waals surface area contributed by atoms with E-state index in [1.54, 1.807) is 0 Å². The smallest absolute Gasteiger partial charge is 0.0322 e. The van der Waals surface area contributed by atoms with Crippen LogP contribution in [0.25, 0.3) is 0 Å². The van der Waals surface area contributed by atoms with E-state index in [4.69, 9.17) is 0 Å². The highest BCUT2D eigenvalue weighted by Crippen LogP contribution is 2.26. The molecule has 1 N–H and O–H groups in total. The first kappa shape index (κ1) is 14.2. The minimum atomic E-state index is 0.476. The van der Waals surface area contributed by atoms with Gasteiger partial charge in [-0.1, -0.05) is 17.7 Å². The van der Waals surface area contributed by atoms with Gasteiger partial charge in [-0.25, -0.2) is 0 Å². The summed E-state index contributed by atoms with van der Waals surface area (Å²) in [7, 11) is 4.20. The number of hydrogen-bond acceptors (Lipinski definition) is 2. The highest BCUT2D eigenvalue weighted by atomic mass is 15.1. The molecule has 96 valence electrons. The van der Waals surface area contributed by atoms with Crippen molar-refractivity contribution >= 4 is 0 Å². The number of likely N-dealkylation sites (N-methyl/N-ethyl adjacent to an activating group) is 2. The van der Waals surface area contributed by atoms with Crippen LogP contribution in [0.1, 0.15) is 35.2 Å². The topological polar surface area (TPSA) is 15.3 Å². The lowest BCUT2D eigenvalue weighted by Gasteiger charge is -2.28.